The van der Waals surface area contributed by atoms with Crippen LogP contribution in [0.25, 0.3) is 0 Å². The molecule has 8 nitrogen and oxygen atoms in total. The SMILES string of the molecule is CCC(=O)N1CCc2c(c[nH]c(=O)c2C(=O)N2CCCC(Cn3ccnc3)C2)C1. The van der Waals surface area contributed by atoms with Crippen LogP contribution in [-0.4, -0.2) is 55.8 Å². The number of nitrogens with one attached hydrogen (secondary N) is 1. The summed E-state index contributed by atoms with van der Waals surface area (Å²) in [5, 5.41) is 0. The van der Waals surface area contributed by atoms with E-state index in [0.29, 0.717) is 44.9 Å². The molecule has 0 bridgehead atoms. The lowest BCUT2D eigenvalue weighted by atomic mass is 9.93. The quantitative estimate of drug-likeness (QED) is 0.845. The smallest absolute Gasteiger partial charge is 0.261 e. The first-order valence-corrected chi connectivity index (χ1v) is 10.3. The fourth-order valence-electron chi connectivity index (χ4n) is 4.48. The van der Waals surface area contributed by atoms with Gasteiger partial charge >= 0.3 is 0 Å². The molecule has 2 aliphatic heterocycles. The number of imidazole rings is 1. The summed E-state index contributed by atoms with van der Waals surface area (Å²) in [4.78, 5) is 48.4. The number of H-pyrrole nitrogens is 1. The van der Waals surface area contributed by atoms with E-state index < -0.39 is 0 Å². The van der Waals surface area contributed by atoms with Crippen LogP contribution in [0.3, 0.4) is 0 Å². The zero-order chi connectivity index (χ0) is 20.4. The number of hydrogen-bond acceptors (Lipinski definition) is 4. The van der Waals surface area contributed by atoms with Crippen LogP contribution in [0.5, 0.6) is 0 Å². The first-order chi connectivity index (χ1) is 14.1. The second-order valence-corrected chi connectivity index (χ2v) is 7.93. The molecule has 2 aromatic rings. The van der Waals surface area contributed by atoms with Crippen LogP contribution in [0.1, 0.15) is 47.7 Å². The van der Waals surface area contributed by atoms with Gasteiger partial charge in [-0.15, -0.1) is 0 Å². The van der Waals surface area contributed by atoms with Crippen molar-refractivity contribution in [2.75, 3.05) is 19.6 Å². The molecule has 0 aliphatic carbocycles. The molecule has 8 heteroatoms. The molecule has 1 fully saturated rings. The molecule has 1 N–H and O–H groups in total. The van der Waals surface area contributed by atoms with Crippen molar-refractivity contribution in [2.24, 2.45) is 5.92 Å². The van der Waals surface area contributed by atoms with Crippen LogP contribution in [0, 0.1) is 5.92 Å². The van der Waals surface area contributed by atoms with Gasteiger partial charge in [0.1, 0.15) is 5.56 Å². The van der Waals surface area contributed by atoms with Crippen molar-refractivity contribution < 1.29 is 9.59 Å². The number of fused-ring (bicyclic) bond motifs is 1. The molecule has 0 radical (unpaired) electrons. The second-order valence-electron chi connectivity index (χ2n) is 7.93. The Morgan fingerprint density at radius 3 is 2.90 bits per heavy atom. The molecule has 0 aromatic carbocycles. The minimum absolute atomic E-state index is 0.0908. The maximum absolute atomic E-state index is 13.3. The first kappa shape index (κ1) is 19.4. The van der Waals surface area contributed by atoms with Crippen molar-refractivity contribution in [2.45, 2.75) is 45.7 Å². The third kappa shape index (κ3) is 3.97. The Bertz CT molecular complexity index is 950. The number of piperidine rings is 1. The Labute approximate surface area is 169 Å². The van der Waals surface area contributed by atoms with Crippen molar-refractivity contribution in [1.82, 2.24) is 24.3 Å². The molecule has 2 amide bonds. The van der Waals surface area contributed by atoms with Gasteiger partial charge in [0, 0.05) is 57.7 Å². The first-order valence-electron chi connectivity index (χ1n) is 10.3. The van der Waals surface area contributed by atoms with E-state index in [4.69, 9.17) is 0 Å². The maximum atomic E-state index is 13.3. The van der Waals surface area contributed by atoms with Crippen molar-refractivity contribution in [3.05, 3.63) is 52.0 Å². The molecule has 4 rings (SSSR count). The van der Waals surface area contributed by atoms with Gasteiger partial charge in [0.25, 0.3) is 11.5 Å². The minimum atomic E-state index is -0.333. The van der Waals surface area contributed by atoms with Gasteiger partial charge in [-0.1, -0.05) is 6.92 Å². The highest BCUT2D eigenvalue weighted by Gasteiger charge is 2.31. The summed E-state index contributed by atoms with van der Waals surface area (Å²) < 4.78 is 2.04. The number of likely N-dealkylation sites (tertiary alicyclic amines) is 1. The van der Waals surface area contributed by atoms with Crippen LogP contribution in [0.4, 0.5) is 0 Å². The number of aromatic amines is 1. The Balaban J connectivity index is 1.54. The summed E-state index contributed by atoms with van der Waals surface area (Å²) in [5.41, 5.74) is 1.60. The maximum Gasteiger partial charge on any atom is 0.261 e. The standard InChI is InChI=1S/C21H27N5O3/c1-2-18(27)25-8-5-17-16(13-25)10-23-20(28)19(17)21(29)26-7-3-4-15(12-26)11-24-9-6-22-14-24/h6,9-10,14-15H,2-5,7-8,11-13H2,1H3,(H,23,28). The second kappa shape index (κ2) is 8.23. The molecule has 0 spiro atoms. The molecule has 2 aliphatic rings. The van der Waals surface area contributed by atoms with E-state index in [9.17, 15) is 14.4 Å². The number of carbonyl (C=O) groups excluding carboxylic acids is 2. The molecular weight excluding hydrogens is 370 g/mol. The van der Waals surface area contributed by atoms with Gasteiger partial charge in [-0.05, 0) is 36.3 Å². The zero-order valence-electron chi connectivity index (χ0n) is 16.8. The van der Waals surface area contributed by atoms with Crippen LogP contribution in [0.2, 0.25) is 0 Å². The fraction of sp³-hybridized carbons (Fsp3) is 0.524. The van der Waals surface area contributed by atoms with Crippen molar-refractivity contribution in [3.8, 4) is 0 Å². The largest absolute Gasteiger partial charge is 0.338 e. The molecule has 4 heterocycles. The molecule has 29 heavy (non-hydrogen) atoms. The number of amides is 2. The predicted molar refractivity (Wildman–Crippen MR) is 107 cm³/mol. The van der Waals surface area contributed by atoms with E-state index in [1.807, 2.05) is 22.6 Å². The van der Waals surface area contributed by atoms with Gasteiger partial charge < -0.3 is 19.4 Å². The summed E-state index contributed by atoms with van der Waals surface area (Å²) in [5.74, 6) is 0.250. The van der Waals surface area contributed by atoms with Gasteiger partial charge in [-0.25, -0.2) is 4.98 Å². The summed E-state index contributed by atoms with van der Waals surface area (Å²) in [6, 6.07) is 0. The summed E-state index contributed by atoms with van der Waals surface area (Å²) in [6.07, 6.45) is 10.1. The van der Waals surface area contributed by atoms with Crippen molar-refractivity contribution in [1.29, 1.82) is 0 Å². The monoisotopic (exact) mass is 397 g/mol. The lowest BCUT2D eigenvalue weighted by Gasteiger charge is -2.34. The molecule has 154 valence electrons. The Hall–Kier alpha value is -2.90. The lowest BCUT2D eigenvalue weighted by Crippen LogP contribution is -2.44. The lowest BCUT2D eigenvalue weighted by molar-refractivity contribution is -0.131. The summed E-state index contributed by atoms with van der Waals surface area (Å²) in [7, 11) is 0. The van der Waals surface area contributed by atoms with E-state index in [2.05, 4.69) is 9.97 Å². The third-order valence-corrected chi connectivity index (χ3v) is 5.99. The van der Waals surface area contributed by atoms with Crippen LogP contribution >= 0.6 is 0 Å². The predicted octanol–water partition coefficient (Wildman–Crippen LogP) is 1.42. The van der Waals surface area contributed by atoms with Crippen molar-refractivity contribution >= 4 is 11.8 Å². The van der Waals surface area contributed by atoms with Crippen LogP contribution in [0.15, 0.2) is 29.7 Å². The molecule has 1 saturated heterocycles. The number of nitrogens with zero attached hydrogens (tertiary/aromatic N) is 4. The highest BCUT2D eigenvalue weighted by molar-refractivity contribution is 5.96. The number of pyridine rings is 1. The number of hydrogen-bond donors (Lipinski definition) is 1. The van der Waals surface area contributed by atoms with E-state index in [1.54, 1.807) is 23.6 Å². The molecular formula is C21H27N5O3. The number of carbonyl (C=O) groups is 2. The Kier molecular flexibility index (Phi) is 5.51. The highest BCUT2D eigenvalue weighted by atomic mass is 16.2. The Morgan fingerprint density at radius 1 is 1.28 bits per heavy atom. The Morgan fingerprint density at radius 2 is 2.14 bits per heavy atom. The van der Waals surface area contributed by atoms with Gasteiger partial charge in [0.15, 0.2) is 0 Å². The molecule has 1 unspecified atom stereocenters. The van der Waals surface area contributed by atoms with E-state index in [0.717, 1.165) is 30.5 Å². The van der Waals surface area contributed by atoms with E-state index >= 15 is 0 Å². The van der Waals surface area contributed by atoms with Gasteiger partial charge in [0.2, 0.25) is 5.91 Å². The average molecular weight is 397 g/mol. The normalized spacial score (nSPS) is 19.1. The number of rotatable bonds is 4. The fourth-order valence-corrected chi connectivity index (χ4v) is 4.48. The van der Waals surface area contributed by atoms with Crippen LogP contribution < -0.4 is 5.56 Å². The summed E-state index contributed by atoms with van der Waals surface area (Å²) in [6.45, 7) is 4.97. The summed E-state index contributed by atoms with van der Waals surface area (Å²) >= 11 is 0. The van der Waals surface area contributed by atoms with E-state index in [-0.39, 0.29) is 22.9 Å². The molecule has 1 atom stereocenters. The van der Waals surface area contributed by atoms with Gasteiger partial charge in [-0.2, -0.15) is 0 Å². The van der Waals surface area contributed by atoms with Gasteiger partial charge in [-0.3, -0.25) is 14.4 Å². The molecule has 2 aromatic heterocycles. The van der Waals surface area contributed by atoms with E-state index in [1.165, 1.54) is 0 Å². The average Bonchev–Trinajstić information content (AvgIpc) is 3.25. The minimum Gasteiger partial charge on any atom is -0.338 e. The van der Waals surface area contributed by atoms with Gasteiger partial charge in [0.05, 0.1) is 6.33 Å². The van der Waals surface area contributed by atoms with Crippen molar-refractivity contribution in [3.63, 3.8) is 0 Å². The third-order valence-electron chi connectivity index (χ3n) is 5.99. The zero-order valence-corrected chi connectivity index (χ0v) is 16.8. The topological polar surface area (TPSA) is 91.3 Å². The van der Waals surface area contributed by atoms with Crippen LogP contribution in [-0.2, 0) is 24.3 Å². The number of aromatic nitrogens is 3. The molecule has 0 saturated carbocycles. The highest BCUT2D eigenvalue weighted by Crippen LogP contribution is 2.24.